The van der Waals surface area contributed by atoms with Crippen molar-refractivity contribution in [3.05, 3.63) is 59.7 Å². The summed E-state index contributed by atoms with van der Waals surface area (Å²) in [5.74, 6) is -0.979. The summed E-state index contributed by atoms with van der Waals surface area (Å²) in [6.07, 6.45) is 0.688. The van der Waals surface area contributed by atoms with Crippen molar-refractivity contribution in [3.8, 4) is 11.1 Å². The van der Waals surface area contributed by atoms with Crippen LogP contribution in [0.4, 0.5) is 8.78 Å². The number of hydrogen-bond acceptors (Lipinski definition) is 3. The summed E-state index contributed by atoms with van der Waals surface area (Å²) in [5, 5.41) is 19.3. The first-order valence-corrected chi connectivity index (χ1v) is 10.8. The van der Waals surface area contributed by atoms with E-state index in [0.29, 0.717) is 30.5 Å². The number of carbonyl (C=O) groups is 1. The first-order chi connectivity index (χ1) is 14.7. The van der Waals surface area contributed by atoms with Crippen LogP contribution in [0.25, 0.3) is 11.1 Å². The van der Waals surface area contributed by atoms with Crippen LogP contribution in [-0.4, -0.2) is 40.3 Å². The van der Waals surface area contributed by atoms with Gasteiger partial charge in [0.1, 0.15) is 11.6 Å². The summed E-state index contributed by atoms with van der Waals surface area (Å²) in [6, 6.07) is 10.7. The monoisotopic (exact) mass is 431 g/mol. The Morgan fingerprint density at radius 1 is 1.10 bits per heavy atom. The van der Waals surface area contributed by atoms with Crippen LogP contribution in [0.3, 0.4) is 0 Å². The van der Waals surface area contributed by atoms with Crippen LogP contribution in [0.5, 0.6) is 0 Å². The Kier molecular flexibility index (Phi) is 7.12. The van der Waals surface area contributed by atoms with E-state index in [2.05, 4.69) is 13.8 Å². The van der Waals surface area contributed by atoms with Crippen LogP contribution in [-0.2, 0) is 4.79 Å². The standard InChI is InChI=1S/C25H31F2NO3/c1-16(2)25(13-21(30)15-29)10-11-28(24(31)14-25)17(3)18-4-6-19(7-5-18)22-9-8-20(26)12-23(22)27/h4-9,12,16-17,21,29-30H,10-11,13-15H2,1-3H3/t17-,21-,25?/m0/s1. The fourth-order valence-electron chi connectivity index (χ4n) is 4.65. The normalized spacial score (nSPS) is 21.4. The van der Waals surface area contributed by atoms with Crippen molar-refractivity contribution in [2.45, 2.75) is 52.2 Å². The molecule has 0 aromatic heterocycles. The second-order valence-corrected chi connectivity index (χ2v) is 8.99. The maximum absolute atomic E-state index is 14.1. The molecule has 1 unspecified atom stereocenters. The van der Waals surface area contributed by atoms with Crippen LogP contribution < -0.4 is 0 Å². The molecule has 0 aliphatic carbocycles. The zero-order valence-electron chi connectivity index (χ0n) is 18.3. The second-order valence-electron chi connectivity index (χ2n) is 8.99. The molecule has 168 valence electrons. The molecule has 6 heteroatoms. The highest BCUT2D eigenvalue weighted by Gasteiger charge is 2.43. The Labute approximate surface area is 182 Å². The van der Waals surface area contributed by atoms with Gasteiger partial charge in [-0.25, -0.2) is 8.78 Å². The molecule has 1 amide bonds. The SMILES string of the molecule is CC(C)C1(C[C@H](O)CO)CCN([C@@H](C)c2ccc(-c3ccc(F)cc3F)cc2)C(=O)C1. The number of halogens is 2. The van der Waals surface area contributed by atoms with Gasteiger partial charge < -0.3 is 15.1 Å². The predicted molar refractivity (Wildman–Crippen MR) is 116 cm³/mol. The molecule has 2 aromatic rings. The number of benzene rings is 2. The van der Waals surface area contributed by atoms with Gasteiger partial charge in [0, 0.05) is 24.6 Å². The van der Waals surface area contributed by atoms with E-state index in [4.69, 9.17) is 0 Å². The van der Waals surface area contributed by atoms with E-state index in [-0.39, 0.29) is 29.9 Å². The van der Waals surface area contributed by atoms with Gasteiger partial charge in [-0.15, -0.1) is 0 Å². The average Bonchev–Trinajstić information content (AvgIpc) is 2.73. The molecule has 2 N–H and O–H groups in total. The minimum atomic E-state index is -0.821. The minimum Gasteiger partial charge on any atom is -0.394 e. The Hall–Kier alpha value is -2.31. The highest BCUT2D eigenvalue weighted by molar-refractivity contribution is 5.78. The summed E-state index contributed by atoms with van der Waals surface area (Å²) in [5.41, 5.74) is 1.60. The molecule has 0 spiro atoms. The van der Waals surface area contributed by atoms with Crippen LogP contribution in [0.2, 0.25) is 0 Å². The number of carbonyl (C=O) groups excluding carboxylic acids is 1. The summed E-state index contributed by atoms with van der Waals surface area (Å²) >= 11 is 0. The van der Waals surface area contributed by atoms with Crippen LogP contribution in [0, 0.1) is 23.0 Å². The molecular formula is C25H31F2NO3. The molecule has 1 saturated heterocycles. The van der Waals surface area contributed by atoms with E-state index < -0.39 is 17.7 Å². The summed E-state index contributed by atoms with van der Waals surface area (Å²) in [7, 11) is 0. The lowest BCUT2D eigenvalue weighted by molar-refractivity contribution is -0.144. The highest BCUT2D eigenvalue weighted by Crippen LogP contribution is 2.45. The molecule has 1 aliphatic rings. The third-order valence-electron chi connectivity index (χ3n) is 6.85. The van der Waals surface area contributed by atoms with Crippen LogP contribution in [0.15, 0.2) is 42.5 Å². The van der Waals surface area contributed by atoms with E-state index in [1.807, 2.05) is 24.0 Å². The van der Waals surface area contributed by atoms with Crippen molar-refractivity contribution in [2.75, 3.05) is 13.2 Å². The molecule has 1 aliphatic heterocycles. The lowest BCUT2D eigenvalue weighted by Crippen LogP contribution is -2.48. The topological polar surface area (TPSA) is 60.8 Å². The van der Waals surface area contributed by atoms with Crippen molar-refractivity contribution >= 4 is 5.91 Å². The van der Waals surface area contributed by atoms with Crippen LogP contribution in [0.1, 0.15) is 51.6 Å². The van der Waals surface area contributed by atoms with Crippen molar-refractivity contribution < 1.29 is 23.8 Å². The lowest BCUT2D eigenvalue weighted by atomic mass is 9.66. The largest absolute Gasteiger partial charge is 0.394 e. The van der Waals surface area contributed by atoms with E-state index in [1.165, 1.54) is 12.1 Å². The molecule has 3 atom stereocenters. The second kappa shape index (κ2) is 9.45. The third-order valence-corrected chi connectivity index (χ3v) is 6.85. The first-order valence-electron chi connectivity index (χ1n) is 10.8. The molecule has 4 nitrogen and oxygen atoms in total. The molecule has 0 radical (unpaired) electrons. The average molecular weight is 432 g/mol. The van der Waals surface area contributed by atoms with Crippen molar-refractivity contribution in [3.63, 3.8) is 0 Å². The minimum absolute atomic E-state index is 0.0336. The predicted octanol–water partition coefficient (Wildman–Crippen LogP) is 4.70. The first kappa shape index (κ1) is 23.4. The van der Waals surface area contributed by atoms with Gasteiger partial charge in [-0.1, -0.05) is 38.1 Å². The van der Waals surface area contributed by atoms with Crippen molar-refractivity contribution in [2.24, 2.45) is 11.3 Å². The number of amides is 1. The highest BCUT2D eigenvalue weighted by atomic mass is 19.1. The molecule has 0 bridgehead atoms. The molecule has 3 rings (SSSR count). The van der Waals surface area contributed by atoms with Gasteiger partial charge in [-0.05, 0) is 54.4 Å². The quantitative estimate of drug-likeness (QED) is 0.668. The Balaban J connectivity index is 1.74. The van der Waals surface area contributed by atoms with Gasteiger partial charge in [-0.2, -0.15) is 0 Å². The van der Waals surface area contributed by atoms with E-state index in [1.54, 1.807) is 12.1 Å². The van der Waals surface area contributed by atoms with Gasteiger partial charge in [0.05, 0.1) is 18.8 Å². The van der Waals surface area contributed by atoms with E-state index in [9.17, 15) is 23.8 Å². The summed E-state index contributed by atoms with van der Waals surface area (Å²) < 4.78 is 27.2. The molecule has 31 heavy (non-hydrogen) atoms. The zero-order chi connectivity index (χ0) is 22.8. The maximum atomic E-state index is 14.1. The fourth-order valence-corrected chi connectivity index (χ4v) is 4.65. The van der Waals surface area contributed by atoms with Gasteiger partial charge >= 0.3 is 0 Å². The number of hydrogen-bond donors (Lipinski definition) is 2. The van der Waals surface area contributed by atoms with Gasteiger partial charge in [0.2, 0.25) is 5.91 Å². The molecule has 0 saturated carbocycles. The lowest BCUT2D eigenvalue weighted by Gasteiger charge is -2.46. The maximum Gasteiger partial charge on any atom is 0.223 e. The number of piperidine rings is 1. The Bertz CT molecular complexity index is 915. The number of aliphatic hydroxyl groups excluding tert-OH is 2. The summed E-state index contributed by atoms with van der Waals surface area (Å²) in [4.78, 5) is 14.9. The van der Waals surface area contributed by atoms with Gasteiger partial charge in [-0.3, -0.25) is 4.79 Å². The van der Waals surface area contributed by atoms with Crippen molar-refractivity contribution in [1.82, 2.24) is 4.90 Å². The fraction of sp³-hybridized carbons (Fsp3) is 0.480. The van der Waals surface area contributed by atoms with Gasteiger partial charge in [0.25, 0.3) is 0 Å². The van der Waals surface area contributed by atoms with Crippen molar-refractivity contribution in [1.29, 1.82) is 0 Å². The van der Waals surface area contributed by atoms with E-state index in [0.717, 1.165) is 18.1 Å². The molecule has 1 fully saturated rings. The Morgan fingerprint density at radius 2 is 1.77 bits per heavy atom. The van der Waals surface area contributed by atoms with Crippen LogP contribution >= 0.6 is 0 Å². The number of rotatable bonds is 7. The molecule has 1 heterocycles. The number of likely N-dealkylation sites (tertiary alicyclic amines) is 1. The Morgan fingerprint density at radius 3 is 2.32 bits per heavy atom. The summed E-state index contributed by atoms with van der Waals surface area (Å²) in [6.45, 7) is 6.36. The third kappa shape index (κ3) is 4.96. The number of nitrogens with zero attached hydrogens (tertiary/aromatic N) is 1. The molecular weight excluding hydrogens is 400 g/mol. The van der Waals surface area contributed by atoms with Gasteiger partial charge in [0.15, 0.2) is 0 Å². The van der Waals surface area contributed by atoms with E-state index >= 15 is 0 Å². The molecule has 2 aromatic carbocycles. The number of aliphatic hydroxyl groups is 2. The zero-order valence-corrected chi connectivity index (χ0v) is 18.3. The smallest absolute Gasteiger partial charge is 0.223 e.